The predicted molar refractivity (Wildman–Crippen MR) is 119 cm³/mol. The molecule has 158 valence electrons. The minimum absolute atomic E-state index is 0.160. The maximum absolute atomic E-state index is 12.5. The van der Waals surface area contributed by atoms with Crippen LogP contribution in [0.3, 0.4) is 0 Å². The van der Waals surface area contributed by atoms with Gasteiger partial charge in [-0.2, -0.15) is 5.26 Å². The van der Waals surface area contributed by atoms with Gasteiger partial charge < -0.3 is 15.1 Å². The lowest BCUT2D eigenvalue weighted by molar-refractivity contribution is 0.0938. The number of nitriles is 1. The first-order valence-corrected chi connectivity index (χ1v) is 9.76. The molecule has 3 rings (SSSR count). The average molecular weight is 416 g/mol. The smallest absolute Gasteiger partial charge is 0.251 e. The van der Waals surface area contributed by atoms with Crippen molar-refractivity contribution in [2.75, 3.05) is 18.4 Å². The molecule has 0 aliphatic rings. The molecule has 0 saturated carbocycles. The highest BCUT2D eigenvalue weighted by molar-refractivity contribution is 5.95. The van der Waals surface area contributed by atoms with E-state index in [0.29, 0.717) is 30.3 Å². The molecule has 2 aromatic heterocycles. The number of carbonyl (C=O) groups excluding carboxylic acids is 1. The molecule has 2 heterocycles. The fraction of sp³-hybridized carbons (Fsp3) is 0.217. The number of nitrogens with one attached hydrogen (secondary N) is 3. The van der Waals surface area contributed by atoms with Crippen LogP contribution in [0.4, 0.5) is 5.69 Å². The van der Waals surface area contributed by atoms with E-state index in [-0.39, 0.29) is 11.3 Å². The lowest BCUT2D eigenvalue weighted by Gasteiger charge is -2.23. The number of carbonyl (C=O) groups is 1. The van der Waals surface area contributed by atoms with Gasteiger partial charge in [0.1, 0.15) is 5.76 Å². The molecule has 8 heteroatoms. The summed E-state index contributed by atoms with van der Waals surface area (Å²) >= 11 is 0. The summed E-state index contributed by atoms with van der Waals surface area (Å²) in [7, 11) is 0. The summed E-state index contributed by atoms with van der Waals surface area (Å²) in [6.07, 6.45) is 6.78. The zero-order valence-electron chi connectivity index (χ0n) is 17.4. The van der Waals surface area contributed by atoms with E-state index < -0.39 is 0 Å². The molecular weight excluding hydrogens is 392 g/mol. The van der Waals surface area contributed by atoms with Crippen LogP contribution < -0.4 is 16.0 Å². The standard InChI is InChI=1S/C23H24N6O2/c1-23(2,15-27-22(28-16-24)29-19-5-3-11-25-13-19)14-26-21(30)18-9-7-17(8-10-18)20-6-4-12-31-20/h3-13H,14-15H2,1-2H3,(H,26,30)(H2,27,28,29). The Hall–Kier alpha value is -4.12. The number of rotatable bonds is 7. The molecule has 0 radical (unpaired) electrons. The van der Waals surface area contributed by atoms with Crippen molar-refractivity contribution >= 4 is 17.6 Å². The number of hydrogen-bond donors (Lipinski definition) is 3. The quantitative estimate of drug-likeness (QED) is 0.234. The summed E-state index contributed by atoms with van der Waals surface area (Å²) in [5.41, 5.74) is 1.87. The molecule has 0 bridgehead atoms. The molecule has 0 aliphatic heterocycles. The van der Waals surface area contributed by atoms with Gasteiger partial charge in [0.15, 0.2) is 6.19 Å². The fourth-order valence-electron chi connectivity index (χ4n) is 2.74. The molecule has 0 saturated heterocycles. The van der Waals surface area contributed by atoms with Crippen molar-refractivity contribution < 1.29 is 9.21 Å². The van der Waals surface area contributed by atoms with Crippen LogP contribution in [-0.4, -0.2) is 29.9 Å². The summed E-state index contributed by atoms with van der Waals surface area (Å²) in [4.78, 5) is 21.0. The topological polar surface area (TPSA) is 115 Å². The maximum Gasteiger partial charge on any atom is 0.251 e. The minimum Gasteiger partial charge on any atom is -0.464 e. The van der Waals surface area contributed by atoms with Gasteiger partial charge in [0.05, 0.1) is 18.1 Å². The molecule has 31 heavy (non-hydrogen) atoms. The Bertz CT molecular complexity index is 1050. The second-order valence-corrected chi connectivity index (χ2v) is 7.67. The van der Waals surface area contributed by atoms with Gasteiger partial charge in [-0.15, -0.1) is 0 Å². The SMILES string of the molecule is CC(C)(CN=C(NC#N)Nc1cccnc1)CNC(=O)c1ccc(-c2ccco2)cc1. The Kier molecular flexibility index (Phi) is 7.01. The van der Waals surface area contributed by atoms with Crippen LogP contribution in [0.1, 0.15) is 24.2 Å². The largest absolute Gasteiger partial charge is 0.464 e. The van der Waals surface area contributed by atoms with Crippen molar-refractivity contribution in [2.45, 2.75) is 13.8 Å². The molecule has 1 amide bonds. The number of amides is 1. The van der Waals surface area contributed by atoms with Crippen LogP contribution in [-0.2, 0) is 0 Å². The molecule has 0 unspecified atom stereocenters. The summed E-state index contributed by atoms with van der Waals surface area (Å²) in [6.45, 7) is 4.79. The molecule has 0 atom stereocenters. The van der Waals surface area contributed by atoms with E-state index in [2.05, 4.69) is 25.9 Å². The Morgan fingerprint density at radius 1 is 1.19 bits per heavy atom. The van der Waals surface area contributed by atoms with Gasteiger partial charge in [-0.3, -0.25) is 20.1 Å². The second kappa shape index (κ2) is 10.1. The zero-order chi connectivity index (χ0) is 22.1. The molecule has 0 aliphatic carbocycles. The maximum atomic E-state index is 12.5. The van der Waals surface area contributed by atoms with E-state index in [1.165, 1.54) is 0 Å². The lowest BCUT2D eigenvalue weighted by Crippen LogP contribution is -2.37. The van der Waals surface area contributed by atoms with Crippen molar-refractivity contribution in [2.24, 2.45) is 10.4 Å². The van der Waals surface area contributed by atoms with Crippen molar-refractivity contribution in [3.05, 3.63) is 72.8 Å². The van der Waals surface area contributed by atoms with E-state index in [9.17, 15) is 4.79 Å². The Morgan fingerprint density at radius 3 is 2.65 bits per heavy atom. The van der Waals surface area contributed by atoms with Crippen LogP contribution in [0.25, 0.3) is 11.3 Å². The number of hydrogen-bond acceptors (Lipinski definition) is 5. The second-order valence-electron chi connectivity index (χ2n) is 7.67. The third-order valence-electron chi connectivity index (χ3n) is 4.44. The van der Waals surface area contributed by atoms with Crippen molar-refractivity contribution in [3.63, 3.8) is 0 Å². The number of furan rings is 1. The van der Waals surface area contributed by atoms with Crippen LogP contribution in [0.2, 0.25) is 0 Å². The van der Waals surface area contributed by atoms with E-state index >= 15 is 0 Å². The monoisotopic (exact) mass is 416 g/mol. The van der Waals surface area contributed by atoms with Crippen molar-refractivity contribution in [3.8, 4) is 17.5 Å². The molecule has 0 fully saturated rings. The van der Waals surface area contributed by atoms with Crippen LogP contribution in [0.15, 0.2) is 76.6 Å². The first kappa shape index (κ1) is 21.6. The summed E-state index contributed by atoms with van der Waals surface area (Å²) in [5, 5.41) is 17.5. The fourth-order valence-corrected chi connectivity index (χ4v) is 2.74. The molecule has 1 aromatic carbocycles. The molecule has 0 spiro atoms. The number of anilines is 1. The van der Waals surface area contributed by atoms with E-state index in [1.54, 1.807) is 36.9 Å². The number of nitrogens with zero attached hydrogens (tertiary/aromatic N) is 3. The molecule has 8 nitrogen and oxygen atoms in total. The number of guanidine groups is 1. The number of aliphatic imine (C=N–C) groups is 1. The third-order valence-corrected chi connectivity index (χ3v) is 4.44. The molecular formula is C23H24N6O2. The van der Waals surface area contributed by atoms with Gasteiger partial charge in [0, 0.05) is 35.8 Å². The summed E-state index contributed by atoms with van der Waals surface area (Å²) in [6, 6.07) is 14.6. The number of pyridine rings is 1. The zero-order valence-corrected chi connectivity index (χ0v) is 17.4. The van der Waals surface area contributed by atoms with E-state index in [0.717, 1.165) is 11.3 Å². The highest BCUT2D eigenvalue weighted by atomic mass is 16.3. The highest BCUT2D eigenvalue weighted by Crippen LogP contribution is 2.20. The Balaban J connectivity index is 1.56. The van der Waals surface area contributed by atoms with Crippen LogP contribution in [0, 0.1) is 16.9 Å². The predicted octanol–water partition coefficient (Wildman–Crippen LogP) is 3.64. The minimum atomic E-state index is -0.331. The first-order chi connectivity index (χ1) is 15.0. The summed E-state index contributed by atoms with van der Waals surface area (Å²) in [5.74, 6) is 0.919. The van der Waals surface area contributed by atoms with E-state index in [4.69, 9.17) is 9.68 Å². The normalized spacial score (nSPS) is 11.5. The molecule has 3 aromatic rings. The third kappa shape index (κ3) is 6.44. The van der Waals surface area contributed by atoms with Crippen LogP contribution >= 0.6 is 0 Å². The Morgan fingerprint density at radius 2 is 2.00 bits per heavy atom. The average Bonchev–Trinajstić information content (AvgIpc) is 3.32. The number of benzene rings is 1. The summed E-state index contributed by atoms with van der Waals surface area (Å²) < 4.78 is 5.37. The van der Waals surface area contributed by atoms with Crippen LogP contribution in [0.5, 0.6) is 0 Å². The Labute approximate surface area is 181 Å². The van der Waals surface area contributed by atoms with Gasteiger partial charge in [0.25, 0.3) is 5.91 Å². The molecule has 3 N–H and O–H groups in total. The van der Waals surface area contributed by atoms with Crippen molar-refractivity contribution in [1.82, 2.24) is 15.6 Å². The highest BCUT2D eigenvalue weighted by Gasteiger charge is 2.19. The van der Waals surface area contributed by atoms with Gasteiger partial charge in [-0.05, 0) is 36.4 Å². The van der Waals surface area contributed by atoms with Crippen molar-refractivity contribution in [1.29, 1.82) is 5.26 Å². The first-order valence-electron chi connectivity index (χ1n) is 9.76. The van der Waals surface area contributed by atoms with E-state index in [1.807, 2.05) is 50.4 Å². The van der Waals surface area contributed by atoms with Gasteiger partial charge in [0.2, 0.25) is 5.96 Å². The van der Waals surface area contributed by atoms with Gasteiger partial charge in [-0.25, -0.2) is 0 Å². The van der Waals surface area contributed by atoms with Gasteiger partial charge >= 0.3 is 0 Å². The lowest BCUT2D eigenvalue weighted by atomic mass is 9.93. The number of aromatic nitrogens is 1. The van der Waals surface area contributed by atoms with Gasteiger partial charge in [-0.1, -0.05) is 26.0 Å².